The van der Waals surface area contributed by atoms with Crippen LogP contribution < -0.4 is 10.1 Å². The van der Waals surface area contributed by atoms with Gasteiger partial charge in [-0.2, -0.15) is 5.10 Å². The van der Waals surface area contributed by atoms with Gasteiger partial charge in [-0.25, -0.2) is 13.1 Å². The highest BCUT2D eigenvalue weighted by Gasteiger charge is 2.13. The summed E-state index contributed by atoms with van der Waals surface area (Å²) in [4.78, 5) is 4.54. The van der Waals surface area contributed by atoms with Crippen LogP contribution in [0.25, 0.3) is 10.9 Å². The van der Waals surface area contributed by atoms with Crippen molar-refractivity contribution in [2.75, 3.05) is 12.0 Å². The van der Waals surface area contributed by atoms with Gasteiger partial charge >= 0.3 is 0 Å². The van der Waals surface area contributed by atoms with E-state index in [0.29, 0.717) is 11.6 Å². The molecule has 0 spiro atoms. The highest BCUT2D eigenvalue weighted by Crippen LogP contribution is 2.24. The van der Waals surface area contributed by atoms with Crippen LogP contribution in [0.2, 0.25) is 5.02 Å². The maximum atomic E-state index is 12.2. The van der Waals surface area contributed by atoms with Crippen LogP contribution in [-0.2, 0) is 10.0 Å². The molecule has 8 heteroatoms. The molecule has 0 amide bonds. The standard InChI is InChI=1S/C20H21ClN4O2S/c1-3-11-23-28(26,27)17-7-4-15(5-8-17)14(2)24-25-19-10-12-22-20-13-16(21)6-9-18(19)20/h4-10,12-13,23H,3,11H2,1-2H3,(H,22,25)/b24-14-. The Hall–Kier alpha value is -2.48. The third-order valence-electron chi connectivity index (χ3n) is 4.17. The monoisotopic (exact) mass is 416 g/mol. The first-order chi connectivity index (χ1) is 13.4. The first kappa shape index (κ1) is 20.3. The minimum atomic E-state index is -3.47. The maximum Gasteiger partial charge on any atom is 0.240 e. The number of pyridine rings is 1. The molecule has 1 aromatic heterocycles. The summed E-state index contributed by atoms with van der Waals surface area (Å²) >= 11 is 6.02. The fraction of sp³-hybridized carbons (Fsp3) is 0.200. The van der Waals surface area contributed by atoms with Gasteiger partial charge in [-0.15, -0.1) is 0 Å². The second kappa shape index (κ2) is 8.68. The van der Waals surface area contributed by atoms with E-state index in [1.807, 2.05) is 26.0 Å². The topological polar surface area (TPSA) is 83.5 Å². The first-order valence-corrected chi connectivity index (χ1v) is 10.7. The molecule has 3 rings (SSSR count). The third kappa shape index (κ3) is 4.67. The van der Waals surface area contributed by atoms with E-state index in [-0.39, 0.29) is 4.90 Å². The molecule has 0 aliphatic heterocycles. The Balaban J connectivity index is 1.79. The number of hydrogen-bond acceptors (Lipinski definition) is 5. The summed E-state index contributed by atoms with van der Waals surface area (Å²) in [7, 11) is -3.47. The predicted octanol–water partition coefficient (Wildman–Crippen LogP) is 4.41. The summed E-state index contributed by atoms with van der Waals surface area (Å²) in [5.41, 5.74) is 6.19. The van der Waals surface area contributed by atoms with Gasteiger partial charge in [0.25, 0.3) is 0 Å². The van der Waals surface area contributed by atoms with Gasteiger partial charge in [0.2, 0.25) is 10.0 Å². The normalized spacial score (nSPS) is 12.3. The highest BCUT2D eigenvalue weighted by molar-refractivity contribution is 7.89. The van der Waals surface area contributed by atoms with E-state index in [1.54, 1.807) is 42.6 Å². The number of anilines is 1. The molecule has 0 aliphatic rings. The molecule has 146 valence electrons. The molecule has 2 N–H and O–H groups in total. The Morgan fingerprint density at radius 2 is 1.89 bits per heavy atom. The van der Waals surface area contributed by atoms with Crippen LogP contribution in [-0.4, -0.2) is 25.7 Å². The van der Waals surface area contributed by atoms with Crippen molar-refractivity contribution in [3.8, 4) is 0 Å². The lowest BCUT2D eigenvalue weighted by atomic mass is 10.1. The number of hydrogen-bond donors (Lipinski definition) is 2. The second-order valence-corrected chi connectivity index (χ2v) is 8.45. The Bertz CT molecular complexity index is 1110. The zero-order chi connectivity index (χ0) is 20.1. The van der Waals surface area contributed by atoms with E-state index in [0.717, 1.165) is 34.3 Å². The molecule has 0 fully saturated rings. The lowest BCUT2D eigenvalue weighted by Crippen LogP contribution is -2.24. The molecule has 28 heavy (non-hydrogen) atoms. The molecule has 0 bridgehead atoms. The molecule has 0 atom stereocenters. The van der Waals surface area contributed by atoms with E-state index in [9.17, 15) is 8.42 Å². The number of fused-ring (bicyclic) bond motifs is 1. The van der Waals surface area contributed by atoms with Crippen LogP contribution in [0, 0.1) is 0 Å². The zero-order valence-electron chi connectivity index (χ0n) is 15.6. The van der Waals surface area contributed by atoms with Gasteiger partial charge in [-0.05, 0) is 55.3 Å². The first-order valence-electron chi connectivity index (χ1n) is 8.85. The molecular weight excluding hydrogens is 396 g/mol. The van der Waals surface area contributed by atoms with Gasteiger partial charge in [-0.1, -0.05) is 30.7 Å². The van der Waals surface area contributed by atoms with E-state index in [4.69, 9.17) is 11.6 Å². The van der Waals surface area contributed by atoms with Crippen LogP contribution in [0.4, 0.5) is 5.69 Å². The number of nitrogens with one attached hydrogen (secondary N) is 2. The van der Waals surface area contributed by atoms with E-state index < -0.39 is 10.0 Å². The third-order valence-corrected chi connectivity index (χ3v) is 5.89. The Labute approximate surface area is 169 Å². The molecule has 0 aliphatic carbocycles. The van der Waals surface area contributed by atoms with Crippen LogP contribution >= 0.6 is 11.6 Å². The van der Waals surface area contributed by atoms with Crippen molar-refractivity contribution < 1.29 is 8.42 Å². The van der Waals surface area contributed by atoms with Gasteiger partial charge in [-0.3, -0.25) is 10.4 Å². The quantitative estimate of drug-likeness (QED) is 0.441. The van der Waals surface area contributed by atoms with Crippen molar-refractivity contribution in [3.63, 3.8) is 0 Å². The number of nitrogens with zero attached hydrogens (tertiary/aromatic N) is 2. The number of sulfonamides is 1. The van der Waals surface area contributed by atoms with Gasteiger partial charge in [0.1, 0.15) is 0 Å². The number of halogens is 1. The summed E-state index contributed by atoms with van der Waals surface area (Å²) < 4.78 is 26.9. The van der Waals surface area contributed by atoms with Crippen molar-refractivity contribution in [3.05, 3.63) is 65.3 Å². The number of benzene rings is 2. The smallest absolute Gasteiger partial charge is 0.240 e. The fourth-order valence-corrected chi connectivity index (χ4v) is 3.92. The Morgan fingerprint density at radius 3 is 2.61 bits per heavy atom. The Morgan fingerprint density at radius 1 is 1.14 bits per heavy atom. The highest BCUT2D eigenvalue weighted by atomic mass is 35.5. The summed E-state index contributed by atoms with van der Waals surface area (Å²) in [6.45, 7) is 4.19. The van der Waals surface area contributed by atoms with Gasteiger partial charge in [0, 0.05) is 23.2 Å². The van der Waals surface area contributed by atoms with Crippen molar-refractivity contribution in [2.24, 2.45) is 5.10 Å². The average molecular weight is 417 g/mol. The molecule has 0 radical (unpaired) electrons. The Kier molecular flexibility index (Phi) is 6.28. The van der Waals surface area contributed by atoms with Crippen LogP contribution in [0.3, 0.4) is 0 Å². The molecule has 2 aromatic carbocycles. The van der Waals surface area contributed by atoms with Crippen molar-refractivity contribution in [1.29, 1.82) is 0 Å². The minimum Gasteiger partial charge on any atom is -0.277 e. The van der Waals surface area contributed by atoms with Crippen LogP contribution in [0.15, 0.2) is 64.7 Å². The SMILES string of the molecule is CCCNS(=O)(=O)c1ccc(/C(C)=N\Nc2ccnc3cc(Cl)ccc23)cc1. The molecule has 0 saturated heterocycles. The fourth-order valence-electron chi connectivity index (χ4n) is 2.62. The van der Waals surface area contributed by atoms with Crippen LogP contribution in [0.5, 0.6) is 0 Å². The molecule has 1 heterocycles. The number of rotatable bonds is 7. The second-order valence-electron chi connectivity index (χ2n) is 6.25. The molecule has 0 saturated carbocycles. The summed E-state index contributed by atoms with van der Waals surface area (Å²) in [5.74, 6) is 0. The van der Waals surface area contributed by atoms with Crippen molar-refractivity contribution in [2.45, 2.75) is 25.2 Å². The van der Waals surface area contributed by atoms with E-state index in [2.05, 4.69) is 20.2 Å². The van der Waals surface area contributed by atoms with Gasteiger partial charge in [0.05, 0.1) is 21.8 Å². The zero-order valence-corrected chi connectivity index (χ0v) is 17.2. The lowest BCUT2D eigenvalue weighted by Gasteiger charge is -2.08. The predicted molar refractivity (Wildman–Crippen MR) is 115 cm³/mol. The molecule has 6 nitrogen and oxygen atoms in total. The maximum absolute atomic E-state index is 12.2. The van der Waals surface area contributed by atoms with Crippen molar-refractivity contribution in [1.82, 2.24) is 9.71 Å². The van der Waals surface area contributed by atoms with Gasteiger partial charge in [0.15, 0.2) is 0 Å². The van der Waals surface area contributed by atoms with Gasteiger partial charge < -0.3 is 0 Å². The number of hydrazone groups is 1. The lowest BCUT2D eigenvalue weighted by molar-refractivity contribution is 0.581. The summed E-state index contributed by atoms with van der Waals surface area (Å²) in [5, 5.41) is 5.95. The average Bonchev–Trinajstić information content (AvgIpc) is 2.70. The number of aromatic nitrogens is 1. The van der Waals surface area contributed by atoms with Crippen molar-refractivity contribution >= 4 is 43.9 Å². The van der Waals surface area contributed by atoms with E-state index in [1.165, 1.54) is 0 Å². The molecule has 0 unspecified atom stereocenters. The summed E-state index contributed by atoms with van der Waals surface area (Å²) in [6.07, 6.45) is 2.43. The van der Waals surface area contributed by atoms with E-state index >= 15 is 0 Å². The minimum absolute atomic E-state index is 0.238. The molecular formula is C20H21ClN4O2S. The summed E-state index contributed by atoms with van der Waals surface area (Å²) in [6, 6.07) is 14.0. The molecule has 3 aromatic rings. The van der Waals surface area contributed by atoms with Crippen LogP contribution in [0.1, 0.15) is 25.8 Å². The largest absolute Gasteiger partial charge is 0.277 e.